The van der Waals surface area contributed by atoms with Gasteiger partial charge in [-0.25, -0.2) is 4.98 Å². The normalized spacial score (nSPS) is 15.4. The van der Waals surface area contributed by atoms with Gasteiger partial charge in [0.2, 0.25) is 0 Å². The van der Waals surface area contributed by atoms with E-state index in [4.69, 9.17) is 4.98 Å². The average Bonchev–Trinajstić information content (AvgIpc) is 3.13. The molecule has 2 N–H and O–H groups in total. The molecule has 29 heavy (non-hydrogen) atoms. The van der Waals surface area contributed by atoms with Crippen molar-refractivity contribution in [1.29, 1.82) is 0 Å². The quantitative estimate of drug-likeness (QED) is 0.323. The number of halogens is 1. The molecule has 1 fully saturated rings. The Kier molecular flexibility index (Phi) is 9.68. The van der Waals surface area contributed by atoms with E-state index in [0.29, 0.717) is 6.54 Å². The summed E-state index contributed by atoms with van der Waals surface area (Å²) >= 11 is 1.80. The fourth-order valence-electron chi connectivity index (χ4n) is 3.47. The van der Waals surface area contributed by atoms with Gasteiger partial charge in [-0.1, -0.05) is 38.8 Å². The number of hydrogen-bond donors (Lipinski definition) is 2. The highest BCUT2D eigenvalue weighted by Gasteiger charge is 2.21. The van der Waals surface area contributed by atoms with Crippen LogP contribution in [0.1, 0.15) is 50.0 Å². The fraction of sp³-hybridized carbons (Fsp3) is 0.545. The molecule has 7 heteroatoms. The van der Waals surface area contributed by atoms with Crippen LogP contribution in [0.25, 0.3) is 0 Å². The minimum absolute atomic E-state index is 0. The molecule has 0 radical (unpaired) electrons. The molecule has 0 bridgehead atoms. The summed E-state index contributed by atoms with van der Waals surface area (Å²) in [7, 11) is 1.81. The smallest absolute Gasteiger partial charge is 0.191 e. The van der Waals surface area contributed by atoms with Crippen LogP contribution in [0.2, 0.25) is 0 Å². The average molecular weight is 528 g/mol. The van der Waals surface area contributed by atoms with Crippen molar-refractivity contribution in [3.05, 3.63) is 46.3 Å². The van der Waals surface area contributed by atoms with Crippen molar-refractivity contribution in [2.75, 3.05) is 31.6 Å². The monoisotopic (exact) mass is 527 g/mol. The highest BCUT2D eigenvalue weighted by molar-refractivity contribution is 14.0. The van der Waals surface area contributed by atoms with Crippen LogP contribution in [-0.4, -0.2) is 37.6 Å². The molecule has 0 aromatic carbocycles. The molecule has 1 aliphatic heterocycles. The maximum absolute atomic E-state index is 4.69. The van der Waals surface area contributed by atoms with Gasteiger partial charge in [0, 0.05) is 49.7 Å². The Balaban J connectivity index is 0.00000300. The predicted molar refractivity (Wildman–Crippen MR) is 136 cm³/mol. The van der Waals surface area contributed by atoms with Crippen LogP contribution >= 0.6 is 35.3 Å². The van der Waals surface area contributed by atoms with Crippen LogP contribution in [-0.2, 0) is 12.0 Å². The largest absolute Gasteiger partial charge is 0.357 e. The van der Waals surface area contributed by atoms with Crippen LogP contribution in [0, 0.1) is 0 Å². The summed E-state index contributed by atoms with van der Waals surface area (Å²) in [5.74, 6) is 1.92. The second-order valence-corrected chi connectivity index (χ2v) is 9.01. The number of aromatic nitrogens is 1. The number of nitrogens with one attached hydrogen (secondary N) is 2. The predicted octanol–water partition coefficient (Wildman–Crippen LogP) is 4.78. The van der Waals surface area contributed by atoms with Crippen LogP contribution in [0.5, 0.6) is 0 Å². The van der Waals surface area contributed by atoms with E-state index in [9.17, 15) is 0 Å². The van der Waals surface area contributed by atoms with Crippen molar-refractivity contribution < 1.29 is 0 Å². The van der Waals surface area contributed by atoms with E-state index in [0.717, 1.165) is 31.4 Å². The zero-order chi connectivity index (χ0) is 19.8. The Morgan fingerprint density at radius 2 is 1.90 bits per heavy atom. The van der Waals surface area contributed by atoms with E-state index in [-0.39, 0.29) is 29.4 Å². The molecule has 1 aliphatic rings. The lowest BCUT2D eigenvalue weighted by atomic mass is 9.91. The summed E-state index contributed by atoms with van der Waals surface area (Å²) in [4.78, 5) is 12.8. The molecule has 0 atom stereocenters. The standard InChI is InChI=1S/C22H33N5S.HI/c1-22(2,19-9-8-14-28-19)17-26-21(23-3)25-16-18-10-11-20(24-15-18)27-12-6-4-5-7-13-27;/h8-11,14-15H,4-7,12-13,16-17H2,1-3H3,(H2,23,25,26);1H. The molecule has 0 amide bonds. The number of aliphatic imine (C=N–C) groups is 1. The second kappa shape index (κ2) is 11.7. The van der Waals surface area contributed by atoms with Gasteiger partial charge in [0.05, 0.1) is 0 Å². The highest BCUT2D eigenvalue weighted by atomic mass is 127. The minimum Gasteiger partial charge on any atom is -0.357 e. The van der Waals surface area contributed by atoms with Crippen molar-refractivity contribution in [1.82, 2.24) is 15.6 Å². The first kappa shape index (κ1) is 23.9. The summed E-state index contributed by atoms with van der Waals surface area (Å²) < 4.78 is 0. The Morgan fingerprint density at radius 3 is 2.48 bits per heavy atom. The Hall–Kier alpha value is -1.35. The molecule has 0 saturated carbocycles. The van der Waals surface area contributed by atoms with Gasteiger partial charge in [-0.3, -0.25) is 4.99 Å². The molecule has 0 aliphatic carbocycles. The molecule has 0 spiro atoms. The fourth-order valence-corrected chi connectivity index (χ4v) is 4.32. The van der Waals surface area contributed by atoms with Crippen molar-refractivity contribution in [2.45, 2.75) is 51.5 Å². The van der Waals surface area contributed by atoms with Crippen molar-refractivity contribution >= 4 is 47.1 Å². The number of rotatable bonds is 6. The summed E-state index contributed by atoms with van der Waals surface area (Å²) in [5, 5.41) is 8.99. The van der Waals surface area contributed by atoms with Crippen LogP contribution in [0.3, 0.4) is 0 Å². The first-order valence-corrected chi connectivity index (χ1v) is 11.1. The minimum atomic E-state index is 0. The first-order valence-electron chi connectivity index (χ1n) is 10.3. The maximum atomic E-state index is 4.69. The second-order valence-electron chi connectivity index (χ2n) is 8.07. The lowest BCUT2D eigenvalue weighted by Crippen LogP contribution is -2.42. The molecule has 3 rings (SSSR count). The first-order chi connectivity index (χ1) is 13.6. The molecule has 2 aromatic rings. The topological polar surface area (TPSA) is 52.6 Å². The third-order valence-electron chi connectivity index (χ3n) is 5.31. The molecule has 1 saturated heterocycles. The zero-order valence-electron chi connectivity index (χ0n) is 17.8. The molecule has 160 valence electrons. The Bertz CT molecular complexity index is 735. The zero-order valence-corrected chi connectivity index (χ0v) is 20.9. The van der Waals surface area contributed by atoms with Gasteiger partial charge in [0.1, 0.15) is 5.82 Å². The van der Waals surface area contributed by atoms with Gasteiger partial charge >= 0.3 is 0 Å². The molecule has 0 unspecified atom stereocenters. The van der Waals surface area contributed by atoms with E-state index >= 15 is 0 Å². The van der Waals surface area contributed by atoms with Gasteiger partial charge in [-0.2, -0.15) is 0 Å². The van der Waals surface area contributed by atoms with E-state index in [1.54, 1.807) is 11.3 Å². The number of guanidine groups is 1. The number of thiophene rings is 1. The number of hydrogen-bond acceptors (Lipinski definition) is 4. The number of nitrogens with zero attached hydrogens (tertiary/aromatic N) is 3. The van der Waals surface area contributed by atoms with Crippen LogP contribution in [0.15, 0.2) is 40.8 Å². The summed E-state index contributed by atoms with van der Waals surface area (Å²) in [6, 6.07) is 8.62. The number of pyridine rings is 1. The molecule has 2 aromatic heterocycles. The molecular formula is C22H34IN5S. The van der Waals surface area contributed by atoms with Crippen molar-refractivity contribution in [3.8, 4) is 0 Å². The molecule has 5 nitrogen and oxygen atoms in total. The maximum Gasteiger partial charge on any atom is 0.191 e. The lowest BCUT2D eigenvalue weighted by molar-refractivity contribution is 0.518. The van der Waals surface area contributed by atoms with Gasteiger partial charge in [0.25, 0.3) is 0 Å². The van der Waals surface area contributed by atoms with E-state index in [2.05, 4.69) is 64.0 Å². The Labute approximate surface area is 196 Å². The lowest BCUT2D eigenvalue weighted by Gasteiger charge is -2.25. The molecule has 3 heterocycles. The summed E-state index contributed by atoms with van der Waals surface area (Å²) in [5.41, 5.74) is 1.24. The van der Waals surface area contributed by atoms with Gasteiger partial charge < -0.3 is 15.5 Å². The summed E-state index contributed by atoms with van der Waals surface area (Å²) in [6.07, 6.45) is 7.21. The number of anilines is 1. The van der Waals surface area contributed by atoms with E-state index < -0.39 is 0 Å². The van der Waals surface area contributed by atoms with Gasteiger partial charge in [-0.15, -0.1) is 35.3 Å². The van der Waals surface area contributed by atoms with E-state index in [1.165, 1.54) is 36.1 Å². The van der Waals surface area contributed by atoms with Gasteiger partial charge in [0.15, 0.2) is 5.96 Å². The third-order valence-corrected chi connectivity index (χ3v) is 6.54. The van der Waals surface area contributed by atoms with Crippen LogP contribution in [0.4, 0.5) is 5.82 Å². The van der Waals surface area contributed by atoms with Crippen molar-refractivity contribution in [3.63, 3.8) is 0 Å². The van der Waals surface area contributed by atoms with Crippen LogP contribution < -0.4 is 15.5 Å². The highest BCUT2D eigenvalue weighted by Crippen LogP contribution is 2.26. The van der Waals surface area contributed by atoms with Crippen molar-refractivity contribution in [2.24, 2.45) is 4.99 Å². The van der Waals surface area contributed by atoms with Gasteiger partial charge in [-0.05, 0) is 35.9 Å². The Morgan fingerprint density at radius 1 is 1.14 bits per heavy atom. The van der Waals surface area contributed by atoms with E-state index in [1.807, 2.05) is 13.2 Å². The molecular weight excluding hydrogens is 493 g/mol. The summed E-state index contributed by atoms with van der Waals surface area (Å²) in [6.45, 7) is 8.31. The third kappa shape index (κ3) is 7.13. The SMILES string of the molecule is CN=C(NCc1ccc(N2CCCCCC2)nc1)NCC(C)(C)c1cccs1.I.